The molecule has 2 aliphatic rings. The molecule has 13 nitrogen and oxygen atoms in total. The Kier molecular flexibility index (Phi) is 9.85. The largest absolute Gasteiger partial charge is 0.443 e. The molecule has 3 heterocycles. The van der Waals surface area contributed by atoms with Crippen LogP contribution in [-0.2, 0) is 35.4 Å². The fraction of sp³-hybridized carbons (Fsp3) is 0.500. The van der Waals surface area contributed by atoms with Crippen molar-refractivity contribution in [3.05, 3.63) is 54.1 Å². The lowest BCUT2D eigenvalue weighted by Crippen LogP contribution is -2.51. The summed E-state index contributed by atoms with van der Waals surface area (Å²) in [5, 5.41) is 16.7. The summed E-state index contributed by atoms with van der Waals surface area (Å²) in [4.78, 5) is 28.5. The number of anilines is 1. The zero-order valence-electron chi connectivity index (χ0n) is 24.8. The van der Waals surface area contributed by atoms with Gasteiger partial charge in [0.05, 0.1) is 36.2 Å². The Balaban J connectivity index is 1.35. The number of oxazole rings is 1. The summed E-state index contributed by atoms with van der Waals surface area (Å²) < 4.78 is 51.3. The first-order valence-corrected chi connectivity index (χ1v) is 16.0. The van der Waals surface area contributed by atoms with Gasteiger partial charge in [0, 0.05) is 26.1 Å². The lowest BCUT2D eigenvalue weighted by Gasteiger charge is -2.31. The Labute approximate surface area is 255 Å². The summed E-state index contributed by atoms with van der Waals surface area (Å²) >= 11 is 0. The van der Waals surface area contributed by atoms with E-state index in [4.69, 9.17) is 18.6 Å². The van der Waals surface area contributed by atoms with Gasteiger partial charge >= 0.3 is 12.1 Å². The van der Waals surface area contributed by atoms with Crippen LogP contribution in [0, 0.1) is 11.8 Å². The molecular formula is C30H38N4O9S. The molecule has 3 N–H and O–H groups in total. The van der Waals surface area contributed by atoms with Crippen molar-refractivity contribution in [2.45, 2.75) is 63.0 Å². The van der Waals surface area contributed by atoms with Crippen molar-refractivity contribution in [2.24, 2.45) is 11.8 Å². The van der Waals surface area contributed by atoms with Crippen LogP contribution in [-0.4, -0.2) is 85.7 Å². The molecular weight excluding hydrogens is 592 g/mol. The van der Waals surface area contributed by atoms with Crippen LogP contribution in [0.3, 0.4) is 0 Å². The minimum Gasteiger partial charge on any atom is -0.443 e. The SMILES string of the molecule is CC(=O)Nc1nc2ccc(S(=O)(=O)N(CC(C)C)CC(O)C(Cc3ccccc3)NC(=O)OC3COC4OCCC34)cc2o1. The van der Waals surface area contributed by atoms with Gasteiger partial charge in [0.2, 0.25) is 15.9 Å². The van der Waals surface area contributed by atoms with E-state index in [1.165, 1.54) is 29.4 Å². The van der Waals surface area contributed by atoms with Gasteiger partial charge in [-0.15, -0.1) is 0 Å². The smallest absolute Gasteiger partial charge is 0.407 e. The number of nitrogens with zero attached hydrogens (tertiary/aromatic N) is 2. The first-order chi connectivity index (χ1) is 21.0. The van der Waals surface area contributed by atoms with Gasteiger partial charge < -0.3 is 29.1 Å². The molecule has 1 aromatic heterocycles. The number of aliphatic hydroxyl groups is 1. The van der Waals surface area contributed by atoms with E-state index in [9.17, 15) is 23.1 Å². The highest BCUT2D eigenvalue weighted by Crippen LogP contribution is 2.33. The molecule has 2 saturated heterocycles. The van der Waals surface area contributed by atoms with Crippen LogP contribution in [0.25, 0.3) is 11.1 Å². The van der Waals surface area contributed by atoms with Crippen molar-refractivity contribution in [2.75, 3.05) is 31.6 Å². The number of hydrogen-bond acceptors (Lipinski definition) is 10. The van der Waals surface area contributed by atoms with Gasteiger partial charge in [0.15, 0.2) is 11.9 Å². The Hall–Kier alpha value is -3.56. The summed E-state index contributed by atoms with van der Waals surface area (Å²) in [6.45, 7) is 5.61. The maximum Gasteiger partial charge on any atom is 0.407 e. The Bertz CT molecular complexity index is 1560. The topological polar surface area (TPSA) is 170 Å². The molecule has 0 aliphatic carbocycles. The number of sulfonamides is 1. The zero-order chi connectivity index (χ0) is 31.4. The molecule has 5 atom stereocenters. The van der Waals surface area contributed by atoms with E-state index in [2.05, 4.69) is 15.6 Å². The fourth-order valence-corrected chi connectivity index (χ4v) is 7.09. The number of amides is 2. The van der Waals surface area contributed by atoms with E-state index in [0.29, 0.717) is 12.1 Å². The molecule has 2 amide bonds. The standard InChI is InChI=1S/C30H38N4O9S/c1-18(2)15-34(44(38,39)21-9-10-23-26(14-21)42-29(32-23)31-19(3)35)16-25(36)24(13-20-7-5-4-6-8-20)33-30(37)43-27-17-41-28-22(27)11-12-40-28/h4-10,14,18,22,24-25,27-28,36H,11-13,15-17H2,1-3H3,(H,33,37)(H,31,32,35). The van der Waals surface area contributed by atoms with Gasteiger partial charge in [-0.2, -0.15) is 9.29 Å². The van der Waals surface area contributed by atoms with Gasteiger partial charge in [-0.1, -0.05) is 44.2 Å². The molecule has 2 fully saturated rings. The van der Waals surface area contributed by atoms with Crippen LogP contribution >= 0.6 is 0 Å². The number of hydrogen-bond donors (Lipinski definition) is 3. The van der Waals surface area contributed by atoms with E-state index in [0.717, 1.165) is 12.0 Å². The molecule has 3 aromatic rings. The second kappa shape index (κ2) is 13.6. The average Bonchev–Trinajstić information content (AvgIpc) is 3.69. The second-order valence-electron chi connectivity index (χ2n) is 11.5. The van der Waals surface area contributed by atoms with Gasteiger partial charge in [-0.25, -0.2) is 13.2 Å². The molecule has 0 spiro atoms. The van der Waals surface area contributed by atoms with Crippen molar-refractivity contribution >= 4 is 39.1 Å². The van der Waals surface area contributed by atoms with E-state index < -0.39 is 34.4 Å². The van der Waals surface area contributed by atoms with Crippen molar-refractivity contribution in [1.29, 1.82) is 0 Å². The quantitative estimate of drug-likeness (QED) is 0.270. The third kappa shape index (κ3) is 7.56. The normalized spacial score (nSPS) is 21.4. The van der Waals surface area contributed by atoms with Crippen molar-refractivity contribution in [3.8, 4) is 0 Å². The predicted octanol–water partition coefficient (Wildman–Crippen LogP) is 2.89. The molecule has 5 rings (SSSR count). The Morgan fingerprint density at radius 1 is 1.14 bits per heavy atom. The van der Waals surface area contributed by atoms with Gasteiger partial charge in [0.1, 0.15) is 11.6 Å². The first kappa shape index (κ1) is 31.9. The lowest BCUT2D eigenvalue weighted by molar-refractivity contribution is -0.114. The second-order valence-corrected chi connectivity index (χ2v) is 13.5. The first-order valence-electron chi connectivity index (χ1n) is 14.6. The monoisotopic (exact) mass is 630 g/mol. The number of fused-ring (bicyclic) bond motifs is 2. The molecule has 0 saturated carbocycles. The third-order valence-electron chi connectivity index (χ3n) is 7.55. The molecule has 2 aromatic carbocycles. The molecule has 2 aliphatic heterocycles. The number of rotatable bonds is 12. The van der Waals surface area contributed by atoms with E-state index >= 15 is 0 Å². The fourth-order valence-electron chi connectivity index (χ4n) is 5.45. The number of carbonyl (C=O) groups excluding carboxylic acids is 2. The van der Waals surface area contributed by atoms with Gasteiger partial charge in [-0.3, -0.25) is 10.1 Å². The Morgan fingerprint density at radius 3 is 2.64 bits per heavy atom. The zero-order valence-corrected chi connectivity index (χ0v) is 25.7. The van der Waals surface area contributed by atoms with Crippen LogP contribution in [0.1, 0.15) is 32.8 Å². The number of aliphatic hydroxyl groups excluding tert-OH is 1. The van der Waals surface area contributed by atoms with E-state index in [-0.39, 0.29) is 66.6 Å². The molecule has 44 heavy (non-hydrogen) atoms. The highest BCUT2D eigenvalue weighted by atomic mass is 32.2. The molecule has 5 unspecified atom stereocenters. The maximum absolute atomic E-state index is 13.9. The molecule has 0 bridgehead atoms. The van der Waals surface area contributed by atoms with Gasteiger partial charge in [0.25, 0.3) is 0 Å². The summed E-state index contributed by atoms with van der Waals surface area (Å²) in [5.41, 5.74) is 1.39. The minimum absolute atomic E-state index is 0.0432. The summed E-state index contributed by atoms with van der Waals surface area (Å²) in [6.07, 6.45) is -1.93. The van der Waals surface area contributed by atoms with Gasteiger partial charge in [-0.05, 0) is 36.5 Å². The summed E-state index contributed by atoms with van der Waals surface area (Å²) in [6, 6.07) is 12.6. The minimum atomic E-state index is -4.14. The molecule has 0 radical (unpaired) electrons. The number of nitrogens with one attached hydrogen (secondary N) is 2. The average molecular weight is 631 g/mol. The highest BCUT2D eigenvalue weighted by molar-refractivity contribution is 7.89. The number of ether oxygens (including phenoxy) is 3. The number of aromatic nitrogens is 1. The van der Waals surface area contributed by atoms with Crippen LogP contribution in [0.15, 0.2) is 57.8 Å². The molecule has 14 heteroatoms. The maximum atomic E-state index is 13.9. The van der Waals surface area contributed by atoms with Crippen LogP contribution in [0.4, 0.5) is 10.8 Å². The third-order valence-corrected chi connectivity index (χ3v) is 9.38. The van der Waals surface area contributed by atoms with Crippen LogP contribution in [0.2, 0.25) is 0 Å². The Morgan fingerprint density at radius 2 is 1.91 bits per heavy atom. The van der Waals surface area contributed by atoms with Crippen molar-refractivity contribution in [3.63, 3.8) is 0 Å². The number of carbonyl (C=O) groups is 2. The lowest BCUT2D eigenvalue weighted by atomic mass is 10.0. The van der Waals surface area contributed by atoms with Crippen LogP contribution in [0.5, 0.6) is 0 Å². The number of benzene rings is 2. The van der Waals surface area contributed by atoms with Crippen molar-refractivity contribution in [1.82, 2.24) is 14.6 Å². The summed E-state index contributed by atoms with van der Waals surface area (Å²) in [5.74, 6) is -0.509. The predicted molar refractivity (Wildman–Crippen MR) is 159 cm³/mol. The number of alkyl carbamates (subject to hydrolysis) is 1. The van der Waals surface area contributed by atoms with E-state index in [1.54, 1.807) is 0 Å². The van der Waals surface area contributed by atoms with E-state index in [1.807, 2.05) is 44.2 Å². The van der Waals surface area contributed by atoms with Crippen LogP contribution < -0.4 is 10.6 Å². The summed E-state index contributed by atoms with van der Waals surface area (Å²) in [7, 11) is -4.14. The molecule has 238 valence electrons. The highest BCUT2D eigenvalue weighted by Gasteiger charge is 2.44. The van der Waals surface area contributed by atoms with Crippen molar-refractivity contribution < 1.29 is 41.7 Å².